The van der Waals surface area contributed by atoms with Crippen molar-refractivity contribution in [1.82, 2.24) is 5.32 Å². The van der Waals surface area contributed by atoms with Crippen LogP contribution in [0.3, 0.4) is 0 Å². The number of phenolic OH excluding ortho intramolecular Hbond substituents is 1. The van der Waals surface area contributed by atoms with Crippen LogP contribution < -0.4 is 10.1 Å². The molecule has 3 N–H and O–H groups in total. The topological polar surface area (TPSA) is 61.7 Å². The van der Waals surface area contributed by atoms with E-state index in [9.17, 15) is 23.4 Å². The van der Waals surface area contributed by atoms with Gasteiger partial charge in [0.05, 0.1) is 6.10 Å². The van der Waals surface area contributed by atoms with Gasteiger partial charge in [0.2, 0.25) is 0 Å². The maximum absolute atomic E-state index is 12.0. The number of alkyl halides is 3. The molecule has 1 rings (SSSR count). The molecule has 0 radical (unpaired) electrons. The van der Waals surface area contributed by atoms with Gasteiger partial charge >= 0.3 is 6.36 Å². The standard InChI is InChI=1S/C10H12F3NO3/c1-14-5-8(16)6-2-3-7(15)9(4-6)17-10(11,12)13/h2-4,8,14-16H,5H2,1H3. The molecule has 0 saturated carbocycles. The molecule has 0 aliphatic heterocycles. The van der Waals surface area contributed by atoms with Crippen molar-refractivity contribution in [2.24, 2.45) is 0 Å². The minimum atomic E-state index is -4.88. The number of likely N-dealkylation sites (N-methyl/N-ethyl adjacent to an activating group) is 1. The zero-order chi connectivity index (χ0) is 13.1. The van der Waals surface area contributed by atoms with Crippen LogP contribution in [0.2, 0.25) is 0 Å². The zero-order valence-electron chi connectivity index (χ0n) is 8.95. The number of hydrogen-bond donors (Lipinski definition) is 3. The molecular weight excluding hydrogens is 239 g/mol. The van der Waals surface area contributed by atoms with E-state index in [0.717, 1.165) is 12.1 Å². The Morgan fingerprint density at radius 2 is 2.06 bits per heavy atom. The summed E-state index contributed by atoms with van der Waals surface area (Å²) in [5, 5.41) is 21.4. The van der Waals surface area contributed by atoms with Crippen LogP contribution in [0.15, 0.2) is 18.2 Å². The first-order valence-electron chi connectivity index (χ1n) is 4.75. The summed E-state index contributed by atoms with van der Waals surface area (Å²) in [6, 6.07) is 3.31. The second-order valence-corrected chi connectivity index (χ2v) is 3.35. The number of ether oxygens (including phenoxy) is 1. The molecule has 0 fully saturated rings. The van der Waals surface area contributed by atoms with Gasteiger partial charge < -0.3 is 20.3 Å². The highest BCUT2D eigenvalue weighted by Crippen LogP contribution is 2.33. The van der Waals surface area contributed by atoms with Crippen LogP contribution in [0.5, 0.6) is 11.5 Å². The molecule has 0 aliphatic rings. The van der Waals surface area contributed by atoms with Crippen LogP contribution in [-0.4, -0.2) is 30.2 Å². The number of halogens is 3. The number of aliphatic hydroxyl groups is 1. The zero-order valence-corrected chi connectivity index (χ0v) is 8.95. The minimum absolute atomic E-state index is 0.177. The van der Waals surface area contributed by atoms with Crippen LogP contribution >= 0.6 is 0 Å². The molecule has 1 aromatic carbocycles. The lowest BCUT2D eigenvalue weighted by Gasteiger charge is -2.14. The Morgan fingerprint density at radius 1 is 1.41 bits per heavy atom. The predicted molar refractivity (Wildman–Crippen MR) is 53.7 cm³/mol. The van der Waals surface area contributed by atoms with E-state index < -0.39 is 24.0 Å². The fourth-order valence-corrected chi connectivity index (χ4v) is 1.26. The van der Waals surface area contributed by atoms with E-state index in [1.54, 1.807) is 7.05 Å². The molecule has 17 heavy (non-hydrogen) atoms. The van der Waals surface area contributed by atoms with Gasteiger partial charge in [-0.05, 0) is 24.7 Å². The van der Waals surface area contributed by atoms with Crippen LogP contribution in [0.1, 0.15) is 11.7 Å². The average molecular weight is 251 g/mol. The van der Waals surface area contributed by atoms with E-state index in [1.807, 2.05) is 0 Å². The Kier molecular flexibility index (Phi) is 4.19. The molecule has 0 saturated heterocycles. The summed E-state index contributed by atoms with van der Waals surface area (Å²) in [6.45, 7) is 0.177. The third-order valence-corrected chi connectivity index (χ3v) is 1.99. The Balaban J connectivity index is 2.94. The number of rotatable bonds is 4. The number of aliphatic hydroxyl groups excluding tert-OH is 1. The number of aromatic hydroxyl groups is 1. The van der Waals surface area contributed by atoms with Crippen molar-refractivity contribution in [2.75, 3.05) is 13.6 Å². The first-order chi connectivity index (χ1) is 7.83. The van der Waals surface area contributed by atoms with Gasteiger partial charge in [-0.25, -0.2) is 0 Å². The molecule has 0 bridgehead atoms. The third kappa shape index (κ3) is 4.12. The van der Waals surface area contributed by atoms with Gasteiger partial charge in [0.15, 0.2) is 11.5 Å². The average Bonchev–Trinajstić information content (AvgIpc) is 2.19. The Morgan fingerprint density at radius 3 is 2.59 bits per heavy atom. The SMILES string of the molecule is CNCC(O)c1ccc(O)c(OC(F)(F)F)c1. The summed E-state index contributed by atoms with van der Waals surface area (Å²) < 4.78 is 39.6. The minimum Gasteiger partial charge on any atom is -0.504 e. The van der Waals surface area contributed by atoms with E-state index in [-0.39, 0.29) is 12.1 Å². The number of nitrogens with one attached hydrogen (secondary N) is 1. The predicted octanol–water partition coefficient (Wildman–Crippen LogP) is 1.54. The monoisotopic (exact) mass is 251 g/mol. The normalized spacial score (nSPS) is 13.5. The van der Waals surface area contributed by atoms with Gasteiger partial charge in [-0.2, -0.15) is 0 Å². The molecule has 7 heteroatoms. The van der Waals surface area contributed by atoms with Gasteiger partial charge in [-0.1, -0.05) is 6.07 Å². The summed E-state index contributed by atoms with van der Waals surface area (Å²) in [6.07, 6.45) is -5.86. The lowest BCUT2D eigenvalue weighted by Crippen LogP contribution is -2.19. The number of benzene rings is 1. The van der Waals surface area contributed by atoms with Crippen LogP contribution in [0.25, 0.3) is 0 Å². The van der Waals surface area contributed by atoms with Gasteiger partial charge in [0.25, 0.3) is 0 Å². The maximum Gasteiger partial charge on any atom is 0.573 e. The summed E-state index contributed by atoms with van der Waals surface area (Å²) >= 11 is 0. The van der Waals surface area contributed by atoms with Gasteiger partial charge in [0, 0.05) is 6.54 Å². The van der Waals surface area contributed by atoms with Crippen molar-refractivity contribution in [2.45, 2.75) is 12.5 Å². The highest BCUT2D eigenvalue weighted by atomic mass is 19.4. The van der Waals surface area contributed by atoms with Crippen LogP contribution in [0, 0.1) is 0 Å². The first-order valence-corrected chi connectivity index (χ1v) is 4.75. The lowest BCUT2D eigenvalue weighted by molar-refractivity contribution is -0.275. The third-order valence-electron chi connectivity index (χ3n) is 1.99. The summed E-state index contributed by atoms with van der Waals surface area (Å²) in [7, 11) is 1.59. The van der Waals surface area contributed by atoms with Crippen molar-refractivity contribution in [3.8, 4) is 11.5 Å². The molecule has 0 amide bonds. The second kappa shape index (κ2) is 5.24. The summed E-state index contributed by atoms with van der Waals surface area (Å²) in [4.78, 5) is 0. The van der Waals surface area contributed by atoms with E-state index >= 15 is 0 Å². The number of phenols is 1. The highest BCUT2D eigenvalue weighted by Gasteiger charge is 2.32. The molecule has 96 valence electrons. The van der Waals surface area contributed by atoms with E-state index in [0.29, 0.717) is 0 Å². The summed E-state index contributed by atoms with van der Waals surface area (Å²) in [5.74, 6) is -1.37. The highest BCUT2D eigenvalue weighted by molar-refractivity contribution is 5.42. The second-order valence-electron chi connectivity index (χ2n) is 3.35. The largest absolute Gasteiger partial charge is 0.573 e. The summed E-state index contributed by atoms with van der Waals surface area (Å²) in [5.41, 5.74) is 0.219. The van der Waals surface area contributed by atoms with Gasteiger partial charge in [-0.3, -0.25) is 0 Å². The van der Waals surface area contributed by atoms with E-state index in [4.69, 9.17) is 0 Å². The van der Waals surface area contributed by atoms with Crippen LogP contribution in [0.4, 0.5) is 13.2 Å². The first kappa shape index (κ1) is 13.6. The molecule has 0 aromatic heterocycles. The quantitative estimate of drug-likeness (QED) is 0.759. The molecular formula is C10H12F3NO3. The van der Waals surface area contributed by atoms with Crippen LogP contribution in [-0.2, 0) is 0 Å². The van der Waals surface area contributed by atoms with Gasteiger partial charge in [0.1, 0.15) is 0 Å². The smallest absolute Gasteiger partial charge is 0.504 e. The van der Waals surface area contributed by atoms with Crippen molar-refractivity contribution < 1.29 is 28.1 Å². The molecule has 4 nitrogen and oxygen atoms in total. The molecule has 1 atom stereocenters. The lowest BCUT2D eigenvalue weighted by atomic mass is 10.1. The Labute approximate surface area is 95.6 Å². The van der Waals surface area contributed by atoms with Crippen molar-refractivity contribution in [1.29, 1.82) is 0 Å². The molecule has 0 aliphatic carbocycles. The van der Waals surface area contributed by atoms with E-state index in [2.05, 4.69) is 10.1 Å². The van der Waals surface area contributed by atoms with E-state index in [1.165, 1.54) is 6.07 Å². The van der Waals surface area contributed by atoms with Crippen molar-refractivity contribution in [3.05, 3.63) is 23.8 Å². The molecule has 1 unspecified atom stereocenters. The maximum atomic E-state index is 12.0. The Hall–Kier alpha value is -1.47. The Bertz CT molecular complexity index is 382. The van der Waals surface area contributed by atoms with Crippen molar-refractivity contribution in [3.63, 3.8) is 0 Å². The number of hydrogen-bond acceptors (Lipinski definition) is 4. The fraction of sp³-hybridized carbons (Fsp3) is 0.400. The van der Waals surface area contributed by atoms with Crippen molar-refractivity contribution >= 4 is 0 Å². The molecule has 0 spiro atoms. The molecule has 0 heterocycles. The van der Waals surface area contributed by atoms with Gasteiger partial charge in [-0.15, -0.1) is 13.2 Å². The fourth-order valence-electron chi connectivity index (χ4n) is 1.26. The molecule has 1 aromatic rings.